The van der Waals surface area contributed by atoms with E-state index >= 15 is 0 Å². The van der Waals surface area contributed by atoms with Gasteiger partial charge in [-0.1, -0.05) is 12.6 Å². The van der Waals surface area contributed by atoms with Crippen LogP contribution < -0.4 is 4.74 Å². The van der Waals surface area contributed by atoms with E-state index in [2.05, 4.69) is 22.5 Å². The van der Waals surface area contributed by atoms with E-state index in [-0.39, 0.29) is 11.1 Å². The van der Waals surface area contributed by atoms with Crippen LogP contribution in [0.4, 0.5) is 10.6 Å². The Kier molecular flexibility index (Phi) is 3.73. The molecule has 9 nitrogen and oxygen atoms in total. The second-order valence-electron chi connectivity index (χ2n) is 5.86. The molecule has 1 atom stereocenters. The molecule has 1 aromatic heterocycles. The summed E-state index contributed by atoms with van der Waals surface area (Å²) in [5.74, 6) is -0.196. The van der Waals surface area contributed by atoms with Gasteiger partial charge in [0.1, 0.15) is 11.8 Å². The van der Waals surface area contributed by atoms with Crippen molar-refractivity contribution in [2.24, 2.45) is 0 Å². The molecule has 0 bridgehead atoms. The van der Waals surface area contributed by atoms with Gasteiger partial charge in [0.05, 0.1) is 6.54 Å². The van der Waals surface area contributed by atoms with Crippen molar-refractivity contribution in [3.63, 3.8) is 0 Å². The van der Waals surface area contributed by atoms with Gasteiger partial charge in [-0.2, -0.15) is 0 Å². The fourth-order valence-electron chi connectivity index (χ4n) is 2.93. The van der Waals surface area contributed by atoms with Crippen molar-refractivity contribution in [1.82, 2.24) is 19.4 Å². The minimum Gasteiger partial charge on any atom is -0.436 e. The predicted octanol–water partition coefficient (Wildman–Crippen LogP) is 0.610. The molecule has 0 aromatic carbocycles. The first-order valence-corrected chi connectivity index (χ1v) is 7.42. The summed E-state index contributed by atoms with van der Waals surface area (Å²) in [6.07, 6.45) is 1.40. The summed E-state index contributed by atoms with van der Waals surface area (Å²) in [7, 11) is 0. The van der Waals surface area contributed by atoms with Gasteiger partial charge >= 0.3 is 11.8 Å². The Hall–Kier alpha value is -1.81. The molecule has 22 heavy (non-hydrogen) atoms. The molecule has 1 fully saturated rings. The fourth-order valence-corrected chi connectivity index (χ4v) is 3.13. The Balaban J connectivity index is 1.59. The van der Waals surface area contributed by atoms with E-state index in [1.54, 1.807) is 9.47 Å². The highest BCUT2D eigenvalue weighted by atomic mass is 32.1. The van der Waals surface area contributed by atoms with Gasteiger partial charge in [0.15, 0.2) is 0 Å². The number of rotatable bonds is 3. The monoisotopic (exact) mass is 327 g/mol. The summed E-state index contributed by atoms with van der Waals surface area (Å²) < 4.78 is 7.48. The zero-order valence-electron chi connectivity index (χ0n) is 12.1. The number of ether oxygens (including phenoxy) is 1. The number of carbonyl (C=O) groups is 1. The predicted molar refractivity (Wildman–Crippen MR) is 80.3 cm³/mol. The van der Waals surface area contributed by atoms with E-state index in [1.165, 1.54) is 6.20 Å². The Morgan fingerprint density at radius 2 is 2.18 bits per heavy atom. The van der Waals surface area contributed by atoms with Crippen LogP contribution >= 0.6 is 12.6 Å². The smallest absolute Gasteiger partial charge is 0.415 e. The van der Waals surface area contributed by atoms with Gasteiger partial charge in [-0.15, -0.1) is 0 Å². The molecule has 0 N–H and O–H groups in total. The van der Waals surface area contributed by atoms with E-state index < -0.39 is 10.5 Å². The maximum absolute atomic E-state index is 11.2. The Bertz CT molecular complexity index is 587. The third-order valence-corrected chi connectivity index (χ3v) is 4.24. The molecule has 120 valence electrons. The number of fused-ring (bicyclic) bond motifs is 1. The third-order valence-electron chi connectivity index (χ3n) is 3.96. The number of hydrogen-bond donors (Lipinski definition) is 1. The zero-order chi connectivity index (χ0) is 15.9. The first kappa shape index (κ1) is 15.1. The van der Waals surface area contributed by atoms with Crippen molar-refractivity contribution in [1.29, 1.82) is 0 Å². The molecule has 1 unspecified atom stereocenters. The van der Waals surface area contributed by atoms with Crippen LogP contribution in [0.5, 0.6) is 6.01 Å². The highest BCUT2D eigenvalue weighted by Gasteiger charge is 2.41. The Morgan fingerprint density at radius 1 is 1.50 bits per heavy atom. The van der Waals surface area contributed by atoms with Crippen LogP contribution in [0.2, 0.25) is 0 Å². The van der Waals surface area contributed by atoms with E-state index in [0.717, 1.165) is 13.1 Å². The van der Waals surface area contributed by atoms with Crippen LogP contribution in [-0.4, -0.2) is 67.8 Å². The maximum Gasteiger partial charge on any atom is 0.415 e. The van der Waals surface area contributed by atoms with Crippen molar-refractivity contribution in [3.8, 4) is 6.01 Å². The summed E-state index contributed by atoms with van der Waals surface area (Å²) in [5.41, 5.74) is -0.468. The minimum atomic E-state index is -0.528. The average molecular weight is 327 g/mol. The van der Waals surface area contributed by atoms with E-state index in [0.29, 0.717) is 32.2 Å². The second-order valence-corrected chi connectivity index (χ2v) is 6.25. The number of nitrogens with zero attached hydrogens (tertiary/aromatic N) is 5. The van der Waals surface area contributed by atoms with Crippen molar-refractivity contribution < 1.29 is 14.5 Å². The number of nitro groups is 1. The van der Waals surface area contributed by atoms with Crippen LogP contribution in [0.1, 0.15) is 6.92 Å². The molecule has 3 rings (SSSR count). The molecule has 1 aromatic rings. The minimum absolute atomic E-state index is 0.196. The summed E-state index contributed by atoms with van der Waals surface area (Å²) in [6.45, 7) is 5.97. The number of carbonyl (C=O) groups excluding carboxylic acids is 1. The van der Waals surface area contributed by atoms with Crippen molar-refractivity contribution in [2.75, 3.05) is 32.7 Å². The molecule has 10 heteroatoms. The van der Waals surface area contributed by atoms with Crippen LogP contribution in [0.15, 0.2) is 6.20 Å². The van der Waals surface area contributed by atoms with Gasteiger partial charge < -0.3 is 19.8 Å². The SMILES string of the molecule is CC1(CN2CCN(C(=O)S)CC2)Cn2cc([N+](=O)[O-])nc2O1. The topological polar surface area (TPSA) is 93.7 Å². The summed E-state index contributed by atoms with van der Waals surface area (Å²) in [5, 5.41) is 10.5. The molecule has 1 amide bonds. The first-order valence-electron chi connectivity index (χ1n) is 6.97. The first-order chi connectivity index (χ1) is 10.4. The third kappa shape index (κ3) is 2.88. The van der Waals surface area contributed by atoms with Crippen molar-refractivity contribution in [3.05, 3.63) is 16.3 Å². The molecule has 2 aliphatic rings. The average Bonchev–Trinajstić information content (AvgIpc) is 2.94. The van der Waals surface area contributed by atoms with Crippen LogP contribution in [-0.2, 0) is 6.54 Å². The van der Waals surface area contributed by atoms with Gasteiger partial charge in [0, 0.05) is 37.7 Å². The quantitative estimate of drug-likeness (QED) is 0.497. The van der Waals surface area contributed by atoms with Gasteiger partial charge in [-0.05, 0) is 11.8 Å². The van der Waals surface area contributed by atoms with Crippen molar-refractivity contribution >= 4 is 23.7 Å². The number of aromatic nitrogens is 2. The molecular weight excluding hydrogens is 310 g/mol. The van der Waals surface area contributed by atoms with Gasteiger partial charge in [0.25, 0.3) is 5.24 Å². The zero-order valence-corrected chi connectivity index (χ0v) is 13.0. The summed E-state index contributed by atoms with van der Waals surface area (Å²) >= 11 is 3.83. The molecule has 1 saturated heterocycles. The molecule has 0 spiro atoms. The lowest BCUT2D eigenvalue weighted by Gasteiger charge is -2.37. The van der Waals surface area contributed by atoms with Gasteiger partial charge in [-0.3, -0.25) is 14.3 Å². The van der Waals surface area contributed by atoms with Crippen LogP contribution in [0.25, 0.3) is 0 Å². The highest BCUT2D eigenvalue weighted by Crippen LogP contribution is 2.31. The second kappa shape index (κ2) is 5.43. The largest absolute Gasteiger partial charge is 0.436 e. The lowest BCUT2D eigenvalue weighted by Crippen LogP contribution is -2.53. The molecule has 0 radical (unpaired) electrons. The molecule has 3 heterocycles. The van der Waals surface area contributed by atoms with E-state index in [4.69, 9.17) is 4.74 Å². The van der Waals surface area contributed by atoms with Gasteiger partial charge in [-0.25, -0.2) is 0 Å². The van der Waals surface area contributed by atoms with E-state index in [1.807, 2.05) is 6.92 Å². The van der Waals surface area contributed by atoms with Crippen LogP contribution in [0, 0.1) is 10.1 Å². The van der Waals surface area contributed by atoms with Crippen molar-refractivity contribution in [2.45, 2.75) is 19.1 Å². The summed E-state index contributed by atoms with van der Waals surface area (Å²) in [6, 6.07) is 0.290. The molecule has 0 saturated carbocycles. The number of imidazole rings is 1. The number of thiol groups is 1. The fraction of sp³-hybridized carbons (Fsp3) is 0.667. The maximum atomic E-state index is 11.2. The lowest BCUT2D eigenvalue weighted by atomic mass is 10.1. The Morgan fingerprint density at radius 3 is 2.73 bits per heavy atom. The lowest BCUT2D eigenvalue weighted by molar-refractivity contribution is -0.389. The number of piperazine rings is 1. The molecule has 2 aliphatic heterocycles. The van der Waals surface area contributed by atoms with E-state index in [9.17, 15) is 14.9 Å². The molecule has 0 aliphatic carbocycles. The highest BCUT2D eigenvalue weighted by molar-refractivity contribution is 7.96. The number of hydrogen-bond acceptors (Lipinski definition) is 6. The standard InChI is InChI=1S/C12H17N5O4S/c1-12(7-14-2-4-15(5-3-14)11(18)22)8-16-6-9(17(19)20)13-10(16)21-12/h6H,2-5,7-8H2,1H3,(H,18,22). The Labute approximate surface area is 132 Å². The summed E-state index contributed by atoms with van der Waals surface area (Å²) in [4.78, 5) is 29.2. The number of amides is 1. The van der Waals surface area contributed by atoms with Gasteiger partial charge in [0.2, 0.25) is 0 Å². The normalized spacial score (nSPS) is 24.9. The molecular formula is C12H17N5O4S. The van der Waals surface area contributed by atoms with Crippen LogP contribution in [0.3, 0.4) is 0 Å².